The molecule has 1 aromatic heterocycles. The number of carbonyl (C=O) groups excluding carboxylic acids is 2. The van der Waals surface area contributed by atoms with E-state index in [2.05, 4.69) is 9.72 Å². The summed E-state index contributed by atoms with van der Waals surface area (Å²) in [5, 5.41) is 0. The van der Waals surface area contributed by atoms with E-state index in [4.69, 9.17) is 4.74 Å². The molecule has 0 bridgehead atoms. The van der Waals surface area contributed by atoms with Crippen LogP contribution in [0.1, 0.15) is 59.2 Å². The molecule has 0 aliphatic heterocycles. The molecule has 9 heteroatoms. The molecule has 1 aliphatic rings. The highest BCUT2D eigenvalue weighted by Gasteiger charge is 2.33. The summed E-state index contributed by atoms with van der Waals surface area (Å²) < 4.78 is 35.0. The Bertz CT molecular complexity index is 1090. The summed E-state index contributed by atoms with van der Waals surface area (Å²) in [5.74, 6) is -0.643. The number of fused-ring (bicyclic) bond motifs is 1. The molecular formula is C23H26F2N2O5. The minimum Gasteiger partial charge on any atom is -0.490 e. The number of benzene rings is 1. The number of alkyl halides is 2. The lowest BCUT2D eigenvalue weighted by atomic mass is 9.75. The predicted octanol–water partition coefficient (Wildman–Crippen LogP) is 3.80. The van der Waals surface area contributed by atoms with Crippen molar-refractivity contribution in [3.8, 4) is 11.5 Å². The topological polar surface area (TPSA) is 88.7 Å². The van der Waals surface area contributed by atoms with Crippen molar-refractivity contribution in [2.75, 3.05) is 13.7 Å². The van der Waals surface area contributed by atoms with Crippen molar-refractivity contribution in [2.24, 2.45) is 5.41 Å². The Morgan fingerprint density at radius 2 is 1.91 bits per heavy atom. The van der Waals surface area contributed by atoms with Crippen molar-refractivity contribution >= 4 is 11.7 Å². The van der Waals surface area contributed by atoms with E-state index >= 15 is 0 Å². The molecule has 1 heterocycles. The van der Waals surface area contributed by atoms with E-state index < -0.39 is 18.1 Å². The van der Waals surface area contributed by atoms with E-state index in [9.17, 15) is 23.2 Å². The number of Topliss-reactive ketones (excluding diaryl/α,β-unsaturated/α-hetero) is 1. The van der Waals surface area contributed by atoms with Crippen molar-refractivity contribution in [1.82, 2.24) is 9.88 Å². The number of aromatic nitrogens is 1. The third-order valence-electron chi connectivity index (χ3n) is 5.24. The minimum atomic E-state index is -2.99. The Balaban J connectivity index is 1.84. The average Bonchev–Trinajstić information content (AvgIpc) is 2.68. The van der Waals surface area contributed by atoms with Gasteiger partial charge < -0.3 is 19.4 Å². The van der Waals surface area contributed by atoms with Gasteiger partial charge in [0.05, 0.1) is 6.61 Å². The number of rotatable bonds is 7. The number of halogens is 2. The van der Waals surface area contributed by atoms with E-state index in [1.54, 1.807) is 6.92 Å². The van der Waals surface area contributed by atoms with Crippen LogP contribution in [0.15, 0.2) is 29.1 Å². The number of nitrogens with one attached hydrogen (secondary N) is 1. The summed E-state index contributed by atoms with van der Waals surface area (Å²) in [4.78, 5) is 42.1. The van der Waals surface area contributed by atoms with Gasteiger partial charge >= 0.3 is 6.61 Å². The maximum Gasteiger partial charge on any atom is 0.387 e. The number of hydrogen-bond acceptors (Lipinski definition) is 5. The van der Waals surface area contributed by atoms with Gasteiger partial charge in [0, 0.05) is 31.3 Å². The molecule has 172 valence electrons. The molecule has 1 aromatic carbocycles. The molecule has 0 saturated heterocycles. The maximum absolute atomic E-state index is 13.0. The second kappa shape index (κ2) is 9.10. The van der Waals surface area contributed by atoms with Crippen LogP contribution in [0.5, 0.6) is 11.5 Å². The highest BCUT2D eigenvalue weighted by atomic mass is 19.3. The van der Waals surface area contributed by atoms with Crippen molar-refractivity contribution in [2.45, 2.75) is 46.8 Å². The first-order valence-corrected chi connectivity index (χ1v) is 10.3. The van der Waals surface area contributed by atoms with E-state index in [1.807, 2.05) is 13.8 Å². The van der Waals surface area contributed by atoms with E-state index in [-0.39, 0.29) is 41.4 Å². The summed E-state index contributed by atoms with van der Waals surface area (Å²) in [6.45, 7) is 2.95. The van der Waals surface area contributed by atoms with Crippen LogP contribution in [0.3, 0.4) is 0 Å². The Morgan fingerprint density at radius 1 is 1.19 bits per heavy atom. The first-order valence-electron chi connectivity index (χ1n) is 10.3. The number of aromatic amines is 1. The summed E-state index contributed by atoms with van der Waals surface area (Å²) >= 11 is 0. The second-order valence-electron chi connectivity index (χ2n) is 8.60. The summed E-state index contributed by atoms with van der Waals surface area (Å²) in [6, 6.07) is 5.76. The van der Waals surface area contributed by atoms with Crippen LogP contribution in [0, 0.1) is 5.41 Å². The summed E-state index contributed by atoms with van der Waals surface area (Å²) in [6.07, 6.45) is 0.879. The predicted molar refractivity (Wildman–Crippen MR) is 114 cm³/mol. The quantitative estimate of drug-likeness (QED) is 0.696. The van der Waals surface area contributed by atoms with E-state index in [0.29, 0.717) is 29.7 Å². The van der Waals surface area contributed by atoms with Crippen molar-refractivity contribution < 1.29 is 27.8 Å². The van der Waals surface area contributed by atoms with Gasteiger partial charge in [0.15, 0.2) is 17.3 Å². The van der Waals surface area contributed by atoms with Gasteiger partial charge in [0.2, 0.25) is 0 Å². The minimum absolute atomic E-state index is 0.0887. The molecule has 0 fully saturated rings. The molecular weight excluding hydrogens is 422 g/mol. The molecule has 0 atom stereocenters. The van der Waals surface area contributed by atoms with Gasteiger partial charge in [0.25, 0.3) is 11.5 Å². The fraction of sp³-hybridized carbons (Fsp3) is 0.435. The van der Waals surface area contributed by atoms with Crippen LogP contribution in [-0.2, 0) is 13.0 Å². The maximum atomic E-state index is 13.0. The zero-order valence-corrected chi connectivity index (χ0v) is 18.5. The lowest BCUT2D eigenvalue weighted by Crippen LogP contribution is -2.35. The Morgan fingerprint density at radius 3 is 2.56 bits per heavy atom. The molecule has 3 rings (SSSR count). The molecule has 7 nitrogen and oxygen atoms in total. The monoisotopic (exact) mass is 448 g/mol. The van der Waals surface area contributed by atoms with Crippen LogP contribution >= 0.6 is 0 Å². The zero-order chi connectivity index (χ0) is 23.6. The second-order valence-corrected chi connectivity index (χ2v) is 8.60. The number of amides is 1. The molecule has 1 aliphatic carbocycles. The van der Waals surface area contributed by atoms with Crippen LogP contribution < -0.4 is 15.0 Å². The lowest BCUT2D eigenvalue weighted by molar-refractivity contribution is -0.0514. The Hall–Kier alpha value is -3.23. The first kappa shape index (κ1) is 23.4. The molecule has 0 unspecified atom stereocenters. The van der Waals surface area contributed by atoms with Crippen molar-refractivity contribution in [3.05, 3.63) is 57.0 Å². The van der Waals surface area contributed by atoms with Gasteiger partial charge in [-0.15, -0.1) is 0 Å². The lowest BCUT2D eigenvalue weighted by Gasteiger charge is -2.30. The van der Waals surface area contributed by atoms with Crippen LogP contribution in [0.4, 0.5) is 8.78 Å². The third-order valence-corrected chi connectivity index (χ3v) is 5.24. The highest BCUT2D eigenvalue weighted by molar-refractivity contribution is 6.02. The highest BCUT2D eigenvalue weighted by Crippen LogP contribution is 2.34. The average molecular weight is 448 g/mol. The fourth-order valence-corrected chi connectivity index (χ4v) is 3.85. The van der Waals surface area contributed by atoms with Crippen molar-refractivity contribution in [1.29, 1.82) is 0 Å². The first-order chi connectivity index (χ1) is 15.0. The van der Waals surface area contributed by atoms with Crippen LogP contribution in [0.25, 0.3) is 0 Å². The molecule has 0 radical (unpaired) electrons. The molecule has 1 amide bonds. The normalized spacial score (nSPS) is 14.8. The van der Waals surface area contributed by atoms with Crippen molar-refractivity contribution in [3.63, 3.8) is 0 Å². The fourth-order valence-electron chi connectivity index (χ4n) is 3.85. The SMILES string of the molecule is CCOc1cc(CN(C)C(=O)c2cc3c([nH]c2=O)CC(C)(C)CC3=O)ccc1OC(F)F. The van der Waals surface area contributed by atoms with Gasteiger partial charge in [-0.25, -0.2) is 0 Å². The number of nitrogens with zero attached hydrogens (tertiary/aromatic N) is 1. The number of hydrogen-bond donors (Lipinski definition) is 1. The van der Waals surface area contributed by atoms with Crippen LogP contribution in [-0.4, -0.2) is 41.8 Å². The Kier molecular flexibility index (Phi) is 6.66. The van der Waals surface area contributed by atoms with E-state index in [1.165, 1.54) is 36.2 Å². The van der Waals surface area contributed by atoms with Crippen LogP contribution in [0.2, 0.25) is 0 Å². The number of ketones is 1. The number of ether oxygens (including phenoxy) is 2. The van der Waals surface area contributed by atoms with Gasteiger partial charge in [-0.3, -0.25) is 14.4 Å². The van der Waals surface area contributed by atoms with Gasteiger partial charge in [0.1, 0.15) is 5.56 Å². The molecule has 1 N–H and O–H groups in total. The third kappa shape index (κ3) is 5.15. The molecule has 0 spiro atoms. The summed E-state index contributed by atoms with van der Waals surface area (Å²) in [7, 11) is 1.51. The number of H-pyrrole nitrogens is 1. The number of carbonyl (C=O) groups is 2. The molecule has 32 heavy (non-hydrogen) atoms. The zero-order valence-electron chi connectivity index (χ0n) is 18.5. The molecule has 0 saturated carbocycles. The standard InChI is InChI=1S/C23H26F2N2O5/c1-5-31-19-8-13(6-7-18(19)32-22(24)25)12-27(4)21(30)15-9-14-16(26-20(15)29)10-23(2,3)11-17(14)28/h6-9,22H,5,10-12H2,1-4H3,(H,26,29). The Labute approximate surface area is 184 Å². The van der Waals surface area contributed by atoms with E-state index in [0.717, 1.165) is 0 Å². The molecule has 2 aromatic rings. The number of pyridine rings is 1. The van der Waals surface area contributed by atoms with Gasteiger partial charge in [-0.05, 0) is 42.5 Å². The smallest absolute Gasteiger partial charge is 0.387 e. The van der Waals surface area contributed by atoms with Gasteiger partial charge in [-0.1, -0.05) is 19.9 Å². The summed E-state index contributed by atoms with van der Waals surface area (Å²) in [5.41, 5.74) is 0.578. The largest absolute Gasteiger partial charge is 0.490 e. The van der Waals surface area contributed by atoms with Gasteiger partial charge in [-0.2, -0.15) is 8.78 Å².